The number of phenols is 1. The number of hydrogen-bond donors (Lipinski definition) is 2. The van der Waals surface area contributed by atoms with Gasteiger partial charge in [0.15, 0.2) is 0 Å². The molecule has 0 amide bonds. The minimum Gasteiger partial charge on any atom is -0.507 e. The van der Waals surface area contributed by atoms with Gasteiger partial charge in [-0.1, -0.05) is 60.6 Å². The van der Waals surface area contributed by atoms with Gasteiger partial charge in [-0.15, -0.1) is 0 Å². The Morgan fingerprint density at radius 2 is 1.48 bits per heavy atom. The van der Waals surface area contributed by atoms with Crippen molar-refractivity contribution in [3.8, 4) is 5.75 Å². The van der Waals surface area contributed by atoms with Crippen molar-refractivity contribution in [1.82, 2.24) is 5.32 Å². The Morgan fingerprint density at radius 3 is 1.81 bits per heavy atom. The summed E-state index contributed by atoms with van der Waals surface area (Å²) >= 11 is 0. The van der Waals surface area contributed by atoms with E-state index in [0.29, 0.717) is 11.8 Å². The molecule has 0 saturated heterocycles. The Hall–Kier alpha value is -1.02. The molecular weight excluding hydrogens is 258 g/mol. The summed E-state index contributed by atoms with van der Waals surface area (Å²) in [5.41, 5.74) is 3.29. The Balaban J connectivity index is 2.36. The van der Waals surface area contributed by atoms with Crippen LogP contribution in [0.5, 0.6) is 5.75 Å². The lowest BCUT2D eigenvalue weighted by atomic mass is 9.78. The molecule has 2 atom stereocenters. The number of rotatable bonds is 3. The third-order valence-electron chi connectivity index (χ3n) is 4.46. The van der Waals surface area contributed by atoms with Crippen molar-refractivity contribution in [1.29, 1.82) is 0 Å². The molecule has 1 aromatic rings. The molecule has 2 rings (SSSR count). The monoisotopic (exact) mass is 289 g/mol. The van der Waals surface area contributed by atoms with E-state index in [4.69, 9.17) is 0 Å². The molecule has 1 fully saturated rings. The fraction of sp³-hybridized carbons (Fsp3) is 0.684. The van der Waals surface area contributed by atoms with Gasteiger partial charge in [-0.25, -0.2) is 0 Å². The summed E-state index contributed by atoms with van der Waals surface area (Å²) in [5, 5.41) is 14.3. The molecule has 1 aliphatic carbocycles. The number of phenolic OH excluding ortho intramolecular Hbond substituents is 1. The number of benzene rings is 1. The lowest BCUT2D eigenvalue weighted by molar-refractivity contribution is 0.422. The minimum atomic E-state index is -0.0486. The summed E-state index contributed by atoms with van der Waals surface area (Å²) in [4.78, 5) is 0. The Kier molecular flexibility index (Phi) is 4.14. The number of aromatic hydroxyl groups is 1. The predicted molar refractivity (Wildman–Crippen MR) is 89.9 cm³/mol. The van der Waals surface area contributed by atoms with Crippen LogP contribution in [-0.4, -0.2) is 11.1 Å². The highest BCUT2D eigenvalue weighted by atomic mass is 16.3. The van der Waals surface area contributed by atoms with Crippen molar-refractivity contribution >= 4 is 0 Å². The lowest BCUT2D eigenvalue weighted by Gasteiger charge is -2.28. The third kappa shape index (κ3) is 3.79. The molecule has 0 heterocycles. The van der Waals surface area contributed by atoms with Gasteiger partial charge < -0.3 is 10.4 Å². The van der Waals surface area contributed by atoms with E-state index in [1.54, 1.807) is 0 Å². The SMILES string of the molecule is CC1CC1NCc1cc(C(C)(C)C)c(O)c(C(C)(C)C)c1. The van der Waals surface area contributed by atoms with Gasteiger partial charge in [-0.3, -0.25) is 0 Å². The van der Waals surface area contributed by atoms with Crippen molar-refractivity contribution in [2.75, 3.05) is 0 Å². The van der Waals surface area contributed by atoms with Crippen LogP contribution in [0.4, 0.5) is 0 Å². The molecule has 1 aromatic carbocycles. The van der Waals surface area contributed by atoms with Crippen molar-refractivity contribution in [3.63, 3.8) is 0 Å². The lowest BCUT2D eigenvalue weighted by Crippen LogP contribution is -2.21. The van der Waals surface area contributed by atoms with E-state index in [1.165, 1.54) is 12.0 Å². The van der Waals surface area contributed by atoms with Crippen molar-refractivity contribution in [2.45, 2.75) is 78.3 Å². The molecule has 2 N–H and O–H groups in total. The first-order valence-corrected chi connectivity index (χ1v) is 8.10. The maximum absolute atomic E-state index is 10.7. The van der Waals surface area contributed by atoms with Crippen LogP contribution in [0.1, 0.15) is 71.6 Å². The first kappa shape index (κ1) is 16.4. The first-order chi connectivity index (χ1) is 9.50. The van der Waals surface area contributed by atoms with Crippen LogP contribution in [0.3, 0.4) is 0 Å². The van der Waals surface area contributed by atoms with Crippen molar-refractivity contribution in [2.24, 2.45) is 5.92 Å². The second-order valence-electron chi connectivity index (χ2n) is 8.74. The summed E-state index contributed by atoms with van der Waals surface area (Å²) in [6, 6.07) is 5.02. The van der Waals surface area contributed by atoms with E-state index in [9.17, 15) is 5.11 Å². The molecule has 118 valence electrons. The van der Waals surface area contributed by atoms with Crippen LogP contribution in [0.15, 0.2) is 12.1 Å². The molecule has 2 unspecified atom stereocenters. The molecule has 1 saturated carbocycles. The molecule has 2 heteroatoms. The molecule has 0 aliphatic heterocycles. The van der Waals surface area contributed by atoms with Crippen LogP contribution < -0.4 is 5.32 Å². The van der Waals surface area contributed by atoms with E-state index in [1.807, 2.05) is 0 Å². The molecule has 0 aromatic heterocycles. The summed E-state index contributed by atoms with van der Waals surface area (Å²) in [6.45, 7) is 16.1. The minimum absolute atomic E-state index is 0.0486. The summed E-state index contributed by atoms with van der Waals surface area (Å²) in [7, 11) is 0. The normalized spacial score (nSPS) is 22.4. The van der Waals surface area contributed by atoms with Crippen molar-refractivity contribution < 1.29 is 5.11 Å². The zero-order valence-corrected chi connectivity index (χ0v) is 14.7. The highest BCUT2D eigenvalue weighted by Gasteiger charge is 2.32. The average Bonchev–Trinajstić information content (AvgIpc) is 3.01. The molecule has 1 aliphatic rings. The van der Waals surface area contributed by atoms with E-state index in [-0.39, 0.29) is 10.8 Å². The fourth-order valence-corrected chi connectivity index (χ4v) is 2.80. The van der Waals surface area contributed by atoms with Crippen LogP contribution in [-0.2, 0) is 17.4 Å². The summed E-state index contributed by atoms with van der Waals surface area (Å²) in [6.07, 6.45) is 1.29. The highest BCUT2D eigenvalue weighted by Crippen LogP contribution is 2.40. The van der Waals surface area contributed by atoms with Crippen LogP contribution in [0.2, 0.25) is 0 Å². The summed E-state index contributed by atoms with van der Waals surface area (Å²) < 4.78 is 0. The van der Waals surface area contributed by atoms with E-state index in [2.05, 4.69) is 65.9 Å². The Bertz CT molecular complexity index is 484. The largest absolute Gasteiger partial charge is 0.507 e. The van der Waals surface area contributed by atoms with Crippen molar-refractivity contribution in [3.05, 3.63) is 28.8 Å². The van der Waals surface area contributed by atoms with Crippen LogP contribution in [0, 0.1) is 5.92 Å². The standard InChI is InChI=1S/C19H31NO/c1-12-8-16(12)20-11-13-9-14(18(2,3)4)17(21)15(10-13)19(5,6)7/h9-10,12,16,20-21H,8,11H2,1-7H3. The third-order valence-corrected chi connectivity index (χ3v) is 4.46. The first-order valence-electron chi connectivity index (χ1n) is 8.10. The van der Waals surface area contributed by atoms with Gasteiger partial charge in [0.25, 0.3) is 0 Å². The second kappa shape index (κ2) is 5.31. The van der Waals surface area contributed by atoms with E-state index < -0.39 is 0 Å². The maximum Gasteiger partial charge on any atom is 0.123 e. The van der Waals surface area contributed by atoms with Gasteiger partial charge >= 0.3 is 0 Å². The average molecular weight is 289 g/mol. The zero-order valence-electron chi connectivity index (χ0n) is 14.7. The zero-order chi connectivity index (χ0) is 16.0. The predicted octanol–water partition coefficient (Wildman–Crippen LogP) is 4.49. The molecular formula is C19H31NO. The molecule has 21 heavy (non-hydrogen) atoms. The van der Waals surface area contributed by atoms with Crippen LogP contribution >= 0.6 is 0 Å². The topological polar surface area (TPSA) is 32.3 Å². The van der Waals surface area contributed by atoms with Gasteiger partial charge in [0.05, 0.1) is 0 Å². The quantitative estimate of drug-likeness (QED) is 0.859. The highest BCUT2D eigenvalue weighted by molar-refractivity contribution is 5.49. The smallest absolute Gasteiger partial charge is 0.123 e. The second-order valence-corrected chi connectivity index (χ2v) is 8.74. The fourth-order valence-electron chi connectivity index (χ4n) is 2.80. The Morgan fingerprint density at radius 1 is 1.05 bits per heavy atom. The van der Waals surface area contributed by atoms with Crippen LogP contribution in [0.25, 0.3) is 0 Å². The number of hydrogen-bond acceptors (Lipinski definition) is 2. The van der Waals surface area contributed by atoms with Gasteiger partial charge in [0.2, 0.25) is 0 Å². The molecule has 2 nitrogen and oxygen atoms in total. The van der Waals surface area contributed by atoms with Gasteiger partial charge in [0.1, 0.15) is 5.75 Å². The summed E-state index contributed by atoms with van der Waals surface area (Å²) in [5.74, 6) is 1.28. The van der Waals surface area contributed by atoms with Gasteiger partial charge in [0, 0.05) is 12.6 Å². The Labute approximate surface area is 130 Å². The van der Waals surface area contributed by atoms with E-state index >= 15 is 0 Å². The molecule has 0 spiro atoms. The molecule has 0 bridgehead atoms. The van der Waals surface area contributed by atoms with Gasteiger partial charge in [-0.05, 0) is 39.9 Å². The molecule has 0 radical (unpaired) electrons. The maximum atomic E-state index is 10.7. The number of nitrogens with one attached hydrogen (secondary N) is 1. The van der Waals surface area contributed by atoms with Gasteiger partial charge in [-0.2, -0.15) is 0 Å². The van der Waals surface area contributed by atoms with E-state index in [0.717, 1.165) is 23.6 Å².